The van der Waals surface area contributed by atoms with Crippen LogP contribution < -0.4 is 10.6 Å². The maximum Gasteiger partial charge on any atom is 0.251 e. The van der Waals surface area contributed by atoms with Gasteiger partial charge in [-0.3, -0.25) is 4.79 Å². The zero-order valence-corrected chi connectivity index (χ0v) is 17.9. The Morgan fingerprint density at radius 3 is 2.68 bits per heavy atom. The molecule has 1 heterocycles. The minimum absolute atomic E-state index is 0. The van der Waals surface area contributed by atoms with Gasteiger partial charge < -0.3 is 10.6 Å². The summed E-state index contributed by atoms with van der Waals surface area (Å²) in [6.45, 7) is 2.24. The summed E-state index contributed by atoms with van der Waals surface area (Å²) in [6, 6.07) is 6.40. The fraction of sp³-hybridized carbons (Fsp3) is 0.550. The number of nitrogens with one attached hydrogen (secondary N) is 2. The SMILES string of the molecule is CN(C1CCCCC1)S(=O)(=O)c1cccc(C(=O)NCC2=CCNCC2)c1.Cl. The van der Waals surface area contributed by atoms with Gasteiger partial charge in [0.05, 0.1) is 4.90 Å². The smallest absolute Gasteiger partial charge is 0.251 e. The molecule has 0 unspecified atom stereocenters. The highest BCUT2D eigenvalue weighted by Gasteiger charge is 2.29. The lowest BCUT2D eigenvalue weighted by atomic mass is 9.96. The average Bonchev–Trinajstić information content (AvgIpc) is 2.73. The topological polar surface area (TPSA) is 78.5 Å². The van der Waals surface area contributed by atoms with Gasteiger partial charge in [-0.2, -0.15) is 4.31 Å². The van der Waals surface area contributed by atoms with E-state index in [1.807, 2.05) is 0 Å². The van der Waals surface area contributed by atoms with Gasteiger partial charge in [0.2, 0.25) is 10.0 Å². The van der Waals surface area contributed by atoms with E-state index in [2.05, 4.69) is 16.7 Å². The van der Waals surface area contributed by atoms with Gasteiger partial charge in [-0.1, -0.05) is 37.0 Å². The third-order valence-corrected chi connectivity index (χ3v) is 7.40. The van der Waals surface area contributed by atoms with Crippen molar-refractivity contribution in [3.63, 3.8) is 0 Å². The molecule has 156 valence electrons. The Hall–Kier alpha value is -1.41. The Labute approximate surface area is 174 Å². The second kappa shape index (κ2) is 10.4. The van der Waals surface area contributed by atoms with Crippen LogP contribution in [0.2, 0.25) is 0 Å². The fourth-order valence-electron chi connectivity index (χ4n) is 3.73. The zero-order chi connectivity index (χ0) is 19.3. The lowest BCUT2D eigenvalue weighted by Crippen LogP contribution is -2.38. The van der Waals surface area contributed by atoms with Crippen molar-refractivity contribution >= 4 is 28.3 Å². The zero-order valence-electron chi connectivity index (χ0n) is 16.3. The molecule has 2 aliphatic rings. The maximum atomic E-state index is 13.0. The molecule has 1 aromatic carbocycles. The molecule has 1 aliphatic heterocycles. The molecule has 1 fully saturated rings. The summed E-state index contributed by atoms with van der Waals surface area (Å²) in [4.78, 5) is 12.7. The van der Waals surface area contributed by atoms with Crippen molar-refractivity contribution in [2.45, 2.75) is 49.5 Å². The molecule has 0 bridgehead atoms. The Bertz CT molecular complexity index is 805. The van der Waals surface area contributed by atoms with Crippen molar-refractivity contribution in [1.82, 2.24) is 14.9 Å². The molecule has 1 saturated carbocycles. The van der Waals surface area contributed by atoms with Crippen LogP contribution in [0.4, 0.5) is 0 Å². The van der Waals surface area contributed by atoms with E-state index in [4.69, 9.17) is 0 Å². The minimum atomic E-state index is -3.60. The number of carbonyl (C=O) groups excluding carboxylic acids is 1. The molecule has 0 atom stereocenters. The second-order valence-corrected chi connectivity index (χ2v) is 9.34. The molecule has 3 rings (SSSR count). The molecule has 1 amide bonds. The molecular weight excluding hydrogens is 398 g/mol. The van der Waals surface area contributed by atoms with E-state index in [1.165, 1.54) is 22.4 Å². The number of hydrogen-bond donors (Lipinski definition) is 2. The van der Waals surface area contributed by atoms with E-state index in [9.17, 15) is 13.2 Å². The summed E-state index contributed by atoms with van der Waals surface area (Å²) in [5.74, 6) is -0.244. The number of carbonyl (C=O) groups is 1. The van der Waals surface area contributed by atoms with Crippen LogP contribution in [0.5, 0.6) is 0 Å². The summed E-state index contributed by atoms with van der Waals surface area (Å²) in [6.07, 6.45) is 8.12. The second-order valence-electron chi connectivity index (χ2n) is 7.34. The molecule has 2 N–H and O–H groups in total. The molecule has 1 aliphatic carbocycles. The number of rotatable bonds is 6. The van der Waals surface area contributed by atoms with Gasteiger partial charge in [-0.25, -0.2) is 8.42 Å². The van der Waals surface area contributed by atoms with Crippen LogP contribution in [0, 0.1) is 0 Å². The number of sulfonamides is 1. The molecule has 8 heteroatoms. The van der Waals surface area contributed by atoms with Crippen LogP contribution >= 0.6 is 12.4 Å². The van der Waals surface area contributed by atoms with Crippen molar-refractivity contribution in [1.29, 1.82) is 0 Å². The summed E-state index contributed by atoms with van der Waals surface area (Å²) in [7, 11) is -1.94. The van der Waals surface area contributed by atoms with E-state index in [-0.39, 0.29) is 29.3 Å². The molecule has 0 radical (unpaired) electrons. The van der Waals surface area contributed by atoms with Crippen LogP contribution in [0.15, 0.2) is 40.8 Å². The number of hydrogen-bond acceptors (Lipinski definition) is 4. The van der Waals surface area contributed by atoms with Crippen molar-refractivity contribution in [2.24, 2.45) is 0 Å². The lowest BCUT2D eigenvalue weighted by Gasteiger charge is -2.30. The quantitative estimate of drug-likeness (QED) is 0.684. The number of halogens is 1. The summed E-state index contributed by atoms with van der Waals surface area (Å²) < 4.78 is 27.5. The van der Waals surface area contributed by atoms with E-state index < -0.39 is 10.0 Å². The van der Waals surface area contributed by atoms with E-state index in [0.29, 0.717) is 12.1 Å². The van der Waals surface area contributed by atoms with Crippen LogP contribution in [-0.2, 0) is 10.0 Å². The van der Waals surface area contributed by atoms with E-state index >= 15 is 0 Å². The highest BCUT2D eigenvalue weighted by atomic mass is 35.5. The van der Waals surface area contributed by atoms with Gasteiger partial charge in [0.15, 0.2) is 0 Å². The third kappa shape index (κ3) is 5.56. The van der Waals surface area contributed by atoms with Crippen molar-refractivity contribution in [2.75, 3.05) is 26.7 Å². The highest BCUT2D eigenvalue weighted by molar-refractivity contribution is 7.89. The van der Waals surface area contributed by atoms with Gasteiger partial charge in [0.25, 0.3) is 5.91 Å². The molecule has 0 aromatic heterocycles. The predicted molar refractivity (Wildman–Crippen MR) is 113 cm³/mol. The largest absolute Gasteiger partial charge is 0.348 e. The maximum absolute atomic E-state index is 13.0. The summed E-state index contributed by atoms with van der Waals surface area (Å²) in [5.41, 5.74) is 1.57. The number of amides is 1. The van der Waals surface area contributed by atoms with Crippen molar-refractivity contribution in [3.8, 4) is 0 Å². The fourth-order valence-corrected chi connectivity index (χ4v) is 5.19. The first-order chi connectivity index (χ1) is 13.0. The highest BCUT2D eigenvalue weighted by Crippen LogP contribution is 2.26. The lowest BCUT2D eigenvalue weighted by molar-refractivity contribution is 0.0956. The first-order valence-electron chi connectivity index (χ1n) is 9.73. The van der Waals surface area contributed by atoms with Crippen LogP contribution in [0.3, 0.4) is 0 Å². The Morgan fingerprint density at radius 2 is 2.00 bits per heavy atom. The van der Waals surface area contributed by atoms with Gasteiger partial charge in [0, 0.05) is 31.7 Å². The van der Waals surface area contributed by atoms with Gasteiger partial charge >= 0.3 is 0 Å². The Balaban J connectivity index is 0.00000280. The van der Waals surface area contributed by atoms with E-state index in [1.54, 1.807) is 25.2 Å². The van der Waals surface area contributed by atoms with Gasteiger partial charge in [-0.15, -0.1) is 12.4 Å². The van der Waals surface area contributed by atoms with Crippen LogP contribution in [0.25, 0.3) is 0 Å². The Kier molecular flexibility index (Phi) is 8.49. The normalized spacial score (nSPS) is 18.3. The molecule has 6 nitrogen and oxygen atoms in total. The number of benzene rings is 1. The monoisotopic (exact) mass is 427 g/mol. The summed E-state index contributed by atoms with van der Waals surface area (Å²) >= 11 is 0. The van der Waals surface area contributed by atoms with Crippen LogP contribution in [-0.4, -0.2) is 51.4 Å². The third-order valence-electron chi connectivity index (χ3n) is 5.50. The van der Waals surface area contributed by atoms with Gasteiger partial charge in [-0.05, 0) is 44.0 Å². The van der Waals surface area contributed by atoms with Gasteiger partial charge in [0.1, 0.15) is 0 Å². The first kappa shape index (κ1) is 22.9. The van der Waals surface area contributed by atoms with Crippen molar-refractivity contribution < 1.29 is 13.2 Å². The van der Waals surface area contributed by atoms with Crippen molar-refractivity contribution in [3.05, 3.63) is 41.5 Å². The predicted octanol–water partition coefficient (Wildman–Crippen LogP) is 2.71. The molecule has 0 saturated heterocycles. The standard InChI is InChI=1S/C20H29N3O3S.ClH/c1-23(18-7-3-2-4-8-18)27(25,26)19-9-5-6-17(14-19)20(24)22-15-16-10-12-21-13-11-16;/h5-6,9-10,14,18,21H,2-4,7-8,11-13,15H2,1H3,(H,22,24);1H. The Morgan fingerprint density at radius 1 is 1.25 bits per heavy atom. The molecular formula is C20H30ClN3O3S. The average molecular weight is 428 g/mol. The molecule has 28 heavy (non-hydrogen) atoms. The molecule has 0 spiro atoms. The first-order valence-corrected chi connectivity index (χ1v) is 11.2. The minimum Gasteiger partial charge on any atom is -0.348 e. The number of nitrogens with zero attached hydrogens (tertiary/aromatic N) is 1. The van der Waals surface area contributed by atoms with E-state index in [0.717, 1.165) is 45.2 Å². The van der Waals surface area contributed by atoms with Crippen LogP contribution in [0.1, 0.15) is 48.9 Å². The summed E-state index contributed by atoms with van der Waals surface area (Å²) in [5, 5.41) is 6.13. The molecule has 1 aromatic rings.